The summed E-state index contributed by atoms with van der Waals surface area (Å²) >= 11 is 5.89. The van der Waals surface area contributed by atoms with Gasteiger partial charge in [-0.05, 0) is 42.8 Å². The number of rotatable bonds is 3. The summed E-state index contributed by atoms with van der Waals surface area (Å²) in [6.45, 7) is 1.78. The normalized spacial score (nSPS) is 13.0. The Morgan fingerprint density at radius 1 is 1.05 bits per heavy atom. The van der Waals surface area contributed by atoms with Crippen molar-refractivity contribution < 1.29 is 17.6 Å². The predicted octanol–water partition coefficient (Wildman–Crippen LogP) is 5.67. The first kappa shape index (κ1) is 15.6. The van der Waals surface area contributed by atoms with E-state index in [1.165, 1.54) is 30.3 Å². The third-order valence-corrected chi connectivity index (χ3v) is 3.35. The van der Waals surface area contributed by atoms with Gasteiger partial charge in [0, 0.05) is 6.04 Å². The molecule has 0 saturated heterocycles. The number of anilines is 1. The highest BCUT2D eigenvalue weighted by molar-refractivity contribution is 6.33. The second-order valence-electron chi connectivity index (χ2n) is 4.61. The van der Waals surface area contributed by atoms with Crippen LogP contribution in [0.1, 0.15) is 24.1 Å². The van der Waals surface area contributed by atoms with Crippen molar-refractivity contribution in [2.45, 2.75) is 19.1 Å². The second-order valence-corrected chi connectivity index (χ2v) is 5.02. The molecule has 1 N–H and O–H groups in total. The molecule has 0 spiro atoms. The van der Waals surface area contributed by atoms with Crippen LogP contribution in [0.4, 0.5) is 23.2 Å². The Bertz CT molecular complexity index is 623. The first-order valence-electron chi connectivity index (χ1n) is 6.16. The molecule has 0 bridgehead atoms. The van der Waals surface area contributed by atoms with Gasteiger partial charge >= 0.3 is 6.18 Å². The van der Waals surface area contributed by atoms with Crippen LogP contribution < -0.4 is 5.32 Å². The van der Waals surface area contributed by atoms with Crippen LogP contribution in [0.25, 0.3) is 0 Å². The molecule has 0 heterocycles. The molecule has 1 nitrogen and oxygen atoms in total. The van der Waals surface area contributed by atoms with E-state index in [1.54, 1.807) is 6.92 Å². The highest BCUT2D eigenvalue weighted by atomic mass is 35.5. The zero-order chi connectivity index (χ0) is 15.6. The van der Waals surface area contributed by atoms with Gasteiger partial charge in [-0.15, -0.1) is 0 Å². The number of nitrogens with one attached hydrogen (secondary N) is 1. The lowest BCUT2D eigenvalue weighted by Crippen LogP contribution is -2.09. The lowest BCUT2D eigenvalue weighted by atomic mass is 10.1. The van der Waals surface area contributed by atoms with Crippen LogP contribution in [0.15, 0.2) is 42.5 Å². The van der Waals surface area contributed by atoms with E-state index in [4.69, 9.17) is 11.6 Å². The van der Waals surface area contributed by atoms with Gasteiger partial charge in [-0.1, -0.05) is 23.7 Å². The molecule has 1 unspecified atom stereocenters. The van der Waals surface area contributed by atoms with Crippen LogP contribution in [0.2, 0.25) is 5.02 Å². The molecule has 0 aliphatic carbocycles. The van der Waals surface area contributed by atoms with Crippen molar-refractivity contribution in [3.63, 3.8) is 0 Å². The van der Waals surface area contributed by atoms with Gasteiger partial charge in [0.2, 0.25) is 0 Å². The summed E-state index contributed by atoms with van der Waals surface area (Å²) in [6.07, 6.45) is -4.35. The van der Waals surface area contributed by atoms with E-state index in [0.717, 1.165) is 12.1 Å². The molecule has 0 aliphatic rings. The SMILES string of the molecule is CC(Nc1ccc(F)cc1Cl)c1ccc(C(F)(F)F)cc1. The van der Waals surface area contributed by atoms with Crippen LogP contribution in [0.5, 0.6) is 0 Å². The molecule has 6 heteroatoms. The summed E-state index contributed by atoms with van der Waals surface area (Å²) in [5, 5.41) is 3.25. The molecular formula is C15H12ClF4N. The first-order chi connectivity index (χ1) is 9.77. The molecule has 21 heavy (non-hydrogen) atoms. The average molecular weight is 318 g/mol. The van der Waals surface area contributed by atoms with E-state index in [9.17, 15) is 17.6 Å². The van der Waals surface area contributed by atoms with Crippen LogP contribution in [0.3, 0.4) is 0 Å². The van der Waals surface area contributed by atoms with Gasteiger partial charge in [-0.3, -0.25) is 0 Å². The lowest BCUT2D eigenvalue weighted by molar-refractivity contribution is -0.137. The van der Waals surface area contributed by atoms with Crippen molar-refractivity contribution in [1.82, 2.24) is 0 Å². The molecular weight excluding hydrogens is 306 g/mol. The third-order valence-electron chi connectivity index (χ3n) is 3.04. The fourth-order valence-corrected chi connectivity index (χ4v) is 2.11. The summed E-state index contributed by atoms with van der Waals surface area (Å²) in [5.74, 6) is -0.451. The van der Waals surface area contributed by atoms with Crippen LogP contribution in [-0.4, -0.2) is 0 Å². The van der Waals surface area contributed by atoms with Crippen molar-refractivity contribution >= 4 is 17.3 Å². The van der Waals surface area contributed by atoms with Crippen molar-refractivity contribution in [2.24, 2.45) is 0 Å². The number of benzene rings is 2. The van der Waals surface area contributed by atoms with E-state index in [1.807, 2.05) is 0 Å². The molecule has 2 aromatic rings. The number of hydrogen-bond acceptors (Lipinski definition) is 1. The summed E-state index contributed by atoms with van der Waals surface area (Å²) in [5.41, 5.74) is 0.493. The fourth-order valence-electron chi connectivity index (χ4n) is 1.88. The summed E-state index contributed by atoms with van der Waals surface area (Å²) < 4.78 is 50.4. The lowest BCUT2D eigenvalue weighted by Gasteiger charge is -2.17. The van der Waals surface area contributed by atoms with Gasteiger partial charge in [0.25, 0.3) is 0 Å². The zero-order valence-corrected chi connectivity index (χ0v) is 11.8. The Morgan fingerprint density at radius 2 is 1.67 bits per heavy atom. The number of halogens is 5. The highest BCUT2D eigenvalue weighted by Crippen LogP contribution is 2.31. The Kier molecular flexibility index (Phi) is 4.42. The van der Waals surface area contributed by atoms with E-state index >= 15 is 0 Å². The molecule has 0 fully saturated rings. The van der Waals surface area contributed by atoms with Gasteiger partial charge in [-0.25, -0.2) is 4.39 Å². The van der Waals surface area contributed by atoms with Crippen molar-refractivity contribution in [2.75, 3.05) is 5.32 Å². The molecule has 2 rings (SSSR count). The molecule has 0 aromatic heterocycles. The summed E-state index contributed by atoms with van der Waals surface area (Å²) in [6, 6.07) is 8.50. The third kappa shape index (κ3) is 3.88. The Morgan fingerprint density at radius 3 is 2.19 bits per heavy atom. The van der Waals surface area contributed by atoms with Crippen molar-refractivity contribution in [3.8, 4) is 0 Å². The minimum atomic E-state index is -4.35. The minimum Gasteiger partial charge on any atom is -0.377 e. The molecule has 1 atom stereocenters. The topological polar surface area (TPSA) is 12.0 Å². The Hall–Kier alpha value is -1.75. The second kappa shape index (κ2) is 5.93. The quantitative estimate of drug-likeness (QED) is 0.719. The minimum absolute atomic E-state index is 0.216. The Labute approximate surface area is 124 Å². The summed E-state index contributed by atoms with van der Waals surface area (Å²) in [4.78, 5) is 0. The average Bonchev–Trinajstić information content (AvgIpc) is 2.41. The van der Waals surface area contributed by atoms with Gasteiger partial charge in [0.05, 0.1) is 16.3 Å². The van der Waals surface area contributed by atoms with Crippen molar-refractivity contribution in [1.29, 1.82) is 0 Å². The van der Waals surface area contributed by atoms with Crippen LogP contribution in [0, 0.1) is 5.82 Å². The largest absolute Gasteiger partial charge is 0.416 e. The number of hydrogen-bond donors (Lipinski definition) is 1. The van der Waals surface area contributed by atoms with Crippen molar-refractivity contribution in [3.05, 3.63) is 64.4 Å². The van der Waals surface area contributed by atoms with Crippen LogP contribution >= 0.6 is 11.6 Å². The van der Waals surface area contributed by atoms with Gasteiger partial charge < -0.3 is 5.32 Å². The smallest absolute Gasteiger partial charge is 0.377 e. The standard InChI is InChI=1S/C15H12ClF4N/c1-9(21-14-7-6-12(17)8-13(14)16)10-2-4-11(5-3-10)15(18,19)20/h2-9,21H,1H3. The maximum atomic E-state index is 12.9. The molecule has 0 aliphatic heterocycles. The predicted molar refractivity (Wildman–Crippen MR) is 74.9 cm³/mol. The highest BCUT2D eigenvalue weighted by Gasteiger charge is 2.30. The van der Waals surface area contributed by atoms with Crippen LogP contribution in [-0.2, 0) is 6.18 Å². The zero-order valence-electron chi connectivity index (χ0n) is 11.0. The van der Waals surface area contributed by atoms with E-state index in [0.29, 0.717) is 11.3 Å². The number of alkyl halides is 3. The fraction of sp³-hybridized carbons (Fsp3) is 0.200. The van der Waals surface area contributed by atoms with E-state index < -0.39 is 17.6 Å². The molecule has 112 valence electrons. The van der Waals surface area contributed by atoms with E-state index in [-0.39, 0.29) is 11.1 Å². The van der Waals surface area contributed by atoms with Gasteiger partial charge in [0.15, 0.2) is 0 Å². The first-order valence-corrected chi connectivity index (χ1v) is 6.54. The van der Waals surface area contributed by atoms with Gasteiger partial charge in [0.1, 0.15) is 5.82 Å². The maximum absolute atomic E-state index is 12.9. The van der Waals surface area contributed by atoms with E-state index in [2.05, 4.69) is 5.32 Å². The molecule has 0 radical (unpaired) electrons. The molecule has 0 amide bonds. The summed E-state index contributed by atoms with van der Waals surface area (Å²) in [7, 11) is 0. The maximum Gasteiger partial charge on any atom is 0.416 e. The Balaban J connectivity index is 2.15. The molecule has 0 saturated carbocycles. The molecule has 2 aromatic carbocycles. The monoisotopic (exact) mass is 317 g/mol. The van der Waals surface area contributed by atoms with Gasteiger partial charge in [-0.2, -0.15) is 13.2 Å².